The van der Waals surface area contributed by atoms with Gasteiger partial charge in [0.1, 0.15) is 0 Å². The van der Waals surface area contributed by atoms with Gasteiger partial charge in [-0.3, -0.25) is 4.79 Å². The van der Waals surface area contributed by atoms with Crippen LogP contribution in [0.25, 0.3) is 0 Å². The molecule has 6 heteroatoms. The molecule has 1 atom stereocenters. The molecule has 1 aromatic rings. The lowest BCUT2D eigenvalue weighted by molar-refractivity contribution is 0.0681. The normalized spacial score (nSPS) is 19.3. The van der Waals surface area contributed by atoms with E-state index in [-0.39, 0.29) is 11.9 Å². The Bertz CT molecular complexity index is 523. The fourth-order valence-corrected chi connectivity index (χ4v) is 2.94. The monoisotopic (exact) mass is 360 g/mol. The van der Waals surface area contributed by atoms with E-state index in [1.54, 1.807) is 23.1 Å². The van der Waals surface area contributed by atoms with E-state index < -0.39 is 0 Å². The predicted octanol–water partition coefficient (Wildman–Crippen LogP) is 3.38. The van der Waals surface area contributed by atoms with Crippen molar-refractivity contribution in [2.24, 2.45) is 5.73 Å². The molecule has 0 spiro atoms. The van der Waals surface area contributed by atoms with Crippen molar-refractivity contribution in [2.75, 3.05) is 6.54 Å². The van der Waals surface area contributed by atoms with Gasteiger partial charge in [0.25, 0.3) is 5.91 Å². The first kappa shape index (κ1) is 14.8. The molecule has 102 valence electrons. The molecule has 0 saturated carbocycles. The number of benzene rings is 1. The number of nitrogens with zero attached hydrogens (tertiary/aromatic N) is 1. The minimum absolute atomic E-state index is 0.0631. The maximum absolute atomic E-state index is 12.5. The zero-order chi connectivity index (χ0) is 14.0. The van der Waals surface area contributed by atoms with Gasteiger partial charge in [-0.1, -0.05) is 23.8 Å². The molecular formula is C13H14BrClN2OS. The quantitative estimate of drug-likeness (QED) is 0.821. The van der Waals surface area contributed by atoms with Crippen LogP contribution in [0.4, 0.5) is 0 Å². The number of carbonyl (C=O) groups excluding carboxylic acids is 1. The molecule has 1 aromatic carbocycles. The van der Waals surface area contributed by atoms with Gasteiger partial charge in [0, 0.05) is 16.6 Å². The highest BCUT2D eigenvalue weighted by Crippen LogP contribution is 2.25. The maximum atomic E-state index is 12.5. The van der Waals surface area contributed by atoms with Crippen LogP contribution < -0.4 is 5.73 Å². The lowest BCUT2D eigenvalue weighted by Gasteiger charge is -2.35. The van der Waals surface area contributed by atoms with E-state index in [4.69, 9.17) is 29.6 Å². The topological polar surface area (TPSA) is 46.3 Å². The molecular weight excluding hydrogens is 348 g/mol. The molecule has 2 N–H and O–H groups in total. The van der Waals surface area contributed by atoms with Crippen molar-refractivity contribution < 1.29 is 4.79 Å². The number of piperidine rings is 1. The molecule has 1 aliphatic heterocycles. The molecule has 0 radical (unpaired) electrons. The maximum Gasteiger partial charge on any atom is 0.254 e. The summed E-state index contributed by atoms with van der Waals surface area (Å²) >= 11 is 14.4. The van der Waals surface area contributed by atoms with Crippen LogP contribution in [0.2, 0.25) is 5.02 Å². The number of thiocarbonyl (C=S) groups is 1. The number of amides is 1. The second kappa shape index (κ2) is 6.20. The van der Waals surface area contributed by atoms with Gasteiger partial charge in [-0.05, 0) is 53.4 Å². The third kappa shape index (κ3) is 3.27. The van der Waals surface area contributed by atoms with Crippen LogP contribution in [-0.4, -0.2) is 28.4 Å². The summed E-state index contributed by atoms with van der Waals surface area (Å²) in [4.78, 5) is 14.7. The van der Waals surface area contributed by atoms with Crippen LogP contribution in [0.1, 0.15) is 29.6 Å². The van der Waals surface area contributed by atoms with Gasteiger partial charge >= 0.3 is 0 Å². The molecule has 0 bridgehead atoms. The Kier molecular flexibility index (Phi) is 4.81. The minimum atomic E-state index is -0.140. The molecule has 1 aliphatic rings. The van der Waals surface area contributed by atoms with Crippen LogP contribution in [0.3, 0.4) is 0 Å². The number of likely N-dealkylation sites (tertiary alicyclic amines) is 1. The fourth-order valence-electron chi connectivity index (χ4n) is 2.27. The third-order valence-corrected chi connectivity index (χ3v) is 4.76. The van der Waals surface area contributed by atoms with Crippen LogP contribution in [0, 0.1) is 0 Å². The number of hydrogen-bond acceptors (Lipinski definition) is 2. The van der Waals surface area contributed by atoms with Gasteiger partial charge in [-0.2, -0.15) is 0 Å². The molecule has 1 fully saturated rings. The van der Waals surface area contributed by atoms with Crippen molar-refractivity contribution in [1.82, 2.24) is 4.90 Å². The van der Waals surface area contributed by atoms with Crippen molar-refractivity contribution in [3.8, 4) is 0 Å². The van der Waals surface area contributed by atoms with E-state index in [1.165, 1.54) is 0 Å². The second-order valence-corrected chi connectivity index (χ2v) is 6.27. The predicted molar refractivity (Wildman–Crippen MR) is 84.6 cm³/mol. The fraction of sp³-hybridized carbons (Fsp3) is 0.385. The van der Waals surface area contributed by atoms with Crippen molar-refractivity contribution in [2.45, 2.75) is 25.3 Å². The van der Waals surface area contributed by atoms with E-state index in [1.807, 2.05) is 0 Å². The van der Waals surface area contributed by atoms with Crippen LogP contribution in [-0.2, 0) is 0 Å². The molecule has 1 amide bonds. The van der Waals surface area contributed by atoms with E-state index in [2.05, 4.69) is 15.9 Å². The van der Waals surface area contributed by atoms with Gasteiger partial charge in [0.05, 0.1) is 16.1 Å². The first-order valence-electron chi connectivity index (χ1n) is 6.06. The third-order valence-electron chi connectivity index (χ3n) is 3.26. The number of carbonyl (C=O) groups is 1. The molecule has 1 heterocycles. The van der Waals surface area contributed by atoms with Gasteiger partial charge in [0.15, 0.2) is 0 Å². The highest BCUT2D eigenvalue weighted by molar-refractivity contribution is 9.10. The van der Waals surface area contributed by atoms with Crippen molar-refractivity contribution in [3.63, 3.8) is 0 Å². The Morgan fingerprint density at radius 3 is 2.84 bits per heavy atom. The number of hydrogen-bond donors (Lipinski definition) is 1. The molecule has 1 saturated heterocycles. The van der Waals surface area contributed by atoms with E-state index in [0.29, 0.717) is 22.1 Å². The van der Waals surface area contributed by atoms with Crippen LogP contribution in [0.5, 0.6) is 0 Å². The summed E-state index contributed by atoms with van der Waals surface area (Å²) < 4.78 is 0.773. The summed E-state index contributed by atoms with van der Waals surface area (Å²) in [5.74, 6) is -0.0631. The first-order valence-corrected chi connectivity index (χ1v) is 7.64. The van der Waals surface area contributed by atoms with Crippen molar-refractivity contribution in [1.29, 1.82) is 0 Å². The Morgan fingerprint density at radius 1 is 1.47 bits per heavy atom. The Morgan fingerprint density at radius 2 is 2.21 bits per heavy atom. The van der Waals surface area contributed by atoms with Gasteiger partial charge in [-0.25, -0.2) is 0 Å². The van der Waals surface area contributed by atoms with E-state index in [0.717, 1.165) is 23.7 Å². The highest BCUT2D eigenvalue weighted by atomic mass is 79.9. The van der Waals surface area contributed by atoms with Gasteiger partial charge in [-0.15, -0.1) is 0 Å². The largest absolute Gasteiger partial charge is 0.392 e. The molecule has 0 aliphatic carbocycles. The molecule has 2 rings (SSSR count). The standard InChI is InChI=1S/C13H14BrClN2OS/c14-9-5-4-8(7-10(9)15)13(18)17-6-2-1-3-11(17)12(16)19/h4-5,7,11H,1-3,6H2,(H2,16,19). The summed E-state index contributed by atoms with van der Waals surface area (Å²) in [6, 6.07) is 5.05. The van der Waals surface area contributed by atoms with Crippen molar-refractivity contribution in [3.05, 3.63) is 33.3 Å². The summed E-state index contributed by atoms with van der Waals surface area (Å²) in [7, 11) is 0. The smallest absolute Gasteiger partial charge is 0.254 e. The molecule has 19 heavy (non-hydrogen) atoms. The Labute approximate surface area is 131 Å². The number of halogens is 2. The van der Waals surface area contributed by atoms with Crippen LogP contribution in [0.15, 0.2) is 22.7 Å². The highest BCUT2D eigenvalue weighted by Gasteiger charge is 2.29. The SMILES string of the molecule is NC(=S)C1CCCCN1C(=O)c1ccc(Br)c(Cl)c1. The summed E-state index contributed by atoms with van der Waals surface area (Å²) in [6.45, 7) is 0.689. The van der Waals surface area contributed by atoms with Crippen LogP contribution >= 0.6 is 39.7 Å². The zero-order valence-corrected chi connectivity index (χ0v) is 13.4. The van der Waals surface area contributed by atoms with Gasteiger partial charge < -0.3 is 10.6 Å². The first-order chi connectivity index (χ1) is 9.00. The summed E-state index contributed by atoms with van der Waals surface area (Å²) in [5.41, 5.74) is 6.30. The average Bonchev–Trinajstić information content (AvgIpc) is 2.41. The van der Waals surface area contributed by atoms with E-state index in [9.17, 15) is 4.79 Å². The number of nitrogens with two attached hydrogens (primary N) is 1. The van der Waals surface area contributed by atoms with Gasteiger partial charge in [0.2, 0.25) is 0 Å². The number of rotatable bonds is 2. The zero-order valence-electron chi connectivity index (χ0n) is 10.2. The minimum Gasteiger partial charge on any atom is -0.392 e. The molecule has 3 nitrogen and oxygen atoms in total. The lowest BCUT2D eigenvalue weighted by Crippen LogP contribution is -2.49. The summed E-state index contributed by atoms with van der Waals surface area (Å²) in [6.07, 6.45) is 2.87. The second-order valence-electron chi connectivity index (χ2n) is 4.54. The lowest BCUT2D eigenvalue weighted by atomic mass is 10.0. The average molecular weight is 362 g/mol. The van der Waals surface area contributed by atoms with E-state index >= 15 is 0 Å². The molecule has 0 aromatic heterocycles. The summed E-state index contributed by atoms with van der Waals surface area (Å²) in [5, 5.41) is 0.523. The molecule has 1 unspecified atom stereocenters. The Balaban J connectivity index is 2.26. The van der Waals surface area contributed by atoms with Crippen molar-refractivity contribution >= 4 is 50.6 Å². The Hall–Kier alpha value is -0.650.